The van der Waals surface area contributed by atoms with Gasteiger partial charge in [0.2, 0.25) is 0 Å². The van der Waals surface area contributed by atoms with E-state index in [9.17, 15) is 4.79 Å². The lowest BCUT2D eigenvalue weighted by atomic mass is 10.0. The molecule has 3 nitrogen and oxygen atoms in total. The zero-order chi connectivity index (χ0) is 11.4. The van der Waals surface area contributed by atoms with Crippen LogP contribution >= 0.6 is 11.6 Å². The van der Waals surface area contributed by atoms with Crippen LogP contribution in [0.3, 0.4) is 0 Å². The number of hydrogen-bond donors (Lipinski definition) is 0. The lowest BCUT2D eigenvalue weighted by Gasteiger charge is -2.08. The summed E-state index contributed by atoms with van der Waals surface area (Å²) in [7, 11) is 1.26. The summed E-state index contributed by atoms with van der Waals surface area (Å²) >= 11 is 6.01. The smallest absolute Gasteiger partial charge is 0.340 e. The third-order valence-corrected chi connectivity index (χ3v) is 2.54. The minimum Gasteiger partial charge on any atom is -0.465 e. The third-order valence-electron chi connectivity index (χ3n) is 2.11. The lowest BCUT2D eigenvalue weighted by Crippen LogP contribution is -2.06. The summed E-state index contributed by atoms with van der Waals surface area (Å²) < 4.78 is 4.58. The quantitative estimate of drug-likeness (QED) is 0.724. The summed E-state index contributed by atoms with van der Waals surface area (Å²) in [4.78, 5) is 11.4. The van der Waals surface area contributed by atoms with Crippen molar-refractivity contribution < 1.29 is 9.53 Å². The van der Waals surface area contributed by atoms with Crippen LogP contribution in [0.25, 0.3) is 0 Å². The van der Waals surface area contributed by atoms with Gasteiger partial charge in [-0.05, 0) is 18.1 Å². The highest BCUT2D eigenvalue weighted by molar-refractivity contribution is 6.34. The summed E-state index contributed by atoms with van der Waals surface area (Å²) in [6, 6.07) is 5.24. The fourth-order valence-corrected chi connectivity index (χ4v) is 1.66. The number of rotatable bonds is 2. The monoisotopic (exact) mass is 223 g/mol. The van der Waals surface area contributed by atoms with Crippen LogP contribution < -0.4 is 0 Å². The fourth-order valence-electron chi connectivity index (χ4n) is 1.29. The molecular weight excluding hydrogens is 214 g/mol. The highest BCUT2D eigenvalue weighted by Crippen LogP contribution is 2.25. The van der Waals surface area contributed by atoms with Crippen molar-refractivity contribution in [2.75, 3.05) is 7.11 Å². The number of nitriles is 1. The van der Waals surface area contributed by atoms with Crippen LogP contribution in [0.1, 0.15) is 28.4 Å². The van der Waals surface area contributed by atoms with Gasteiger partial charge in [-0.3, -0.25) is 0 Å². The fraction of sp³-hybridized carbons (Fsp3) is 0.273. The summed E-state index contributed by atoms with van der Waals surface area (Å²) in [5, 5.41) is 9.14. The molecule has 0 unspecified atom stereocenters. The van der Waals surface area contributed by atoms with Crippen LogP contribution in [-0.2, 0) is 11.2 Å². The SMILES string of the molecule is CCc1ccc(C#N)c(C(=O)OC)c1Cl. The van der Waals surface area contributed by atoms with Gasteiger partial charge in [-0.15, -0.1) is 0 Å². The maximum atomic E-state index is 11.4. The van der Waals surface area contributed by atoms with Crippen molar-refractivity contribution in [3.8, 4) is 6.07 Å². The first-order valence-electron chi connectivity index (χ1n) is 4.45. The van der Waals surface area contributed by atoms with Crippen molar-refractivity contribution >= 4 is 17.6 Å². The molecule has 1 rings (SSSR count). The highest BCUT2D eigenvalue weighted by atomic mass is 35.5. The molecule has 0 radical (unpaired) electrons. The van der Waals surface area contributed by atoms with Crippen molar-refractivity contribution in [3.05, 3.63) is 33.8 Å². The Labute approximate surface area is 93.2 Å². The molecule has 0 aliphatic heterocycles. The number of aryl methyl sites for hydroxylation is 1. The van der Waals surface area contributed by atoms with E-state index in [1.807, 2.05) is 13.0 Å². The van der Waals surface area contributed by atoms with Gasteiger partial charge in [-0.1, -0.05) is 24.6 Å². The van der Waals surface area contributed by atoms with E-state index in [0.29, 0.717) is 11.4 Å². The van der Waals surface area contributed by atoms with Crippen LogP contribution in [0.2, 0.25) is 5.02 Å². The molecule has 0 heterocycles. The van der Waals surface area contributed by atoms with Crippen molar-refractivity contribution in [2.24, 2.45) is 0 Å². The Bertz CT molecular complexity index is 435. The van der Waals surface area contributed by atoms with Crippen LogP contribution in [0.5, 0.6) is 0 Å². The molecule has 0 aliphatic rings. The van der Waals surface area contributed by atoms with Crippen molar-refractivity contribution in [1.29, 1.82) is 5.26 Å². The van der Waals surface area contributed by atoms with E-state index in [0.717, 1.165) is 5.56 Å². The molecule has 1 aromatic rings. The molecule has 0 atom stereocenters. The molecule has 0 aromatic heterocycles. The standard InChI is InChI=1S/C11H10ClNO2/c1-3-7-4-5-8(6-13)9(10(7)12)11(14)15-2/h4-5H,3H2,1-2H3. The summed E-state index contributed by atoms with van der Waals surface area (Å²) in [6.45, 7) is 1.92. The average molecular weight is 224 g/mol. The van der Waals surface area contributed by atoms with Gasteiger partial charge in [-0.2, -0.15) is 5.26 Å². The van der Waals surface area contributed by atoms with Crippen molar-refractivity contribution in [3.63, 3.8) is 0 Å². The van der Waals surface area contributed by atoms with Crippen LogP contribution in [-0.4, -0.2) is 13.1 Å². The van der Waals surface area contributed by atoms with Gasteiger partial charge in [0.1, 0.15) is 6.07 Å². The Hall–Kier alpha value is -1.53. The second-order valence-corrected chi connectivity index (χ2v) is 3.30. The first-order valence-corrected chi connectivity index (χ1v) is 4.83. The number of carbonyl (C=O) groups is 1. The second kappa shape index (κ2) is 4.81. The topological polar surface area (TPSA) is 50.1 Å². The van der Waals surface area contributed by atoms with E-state index in [-0.39, 0.29) is 11.1 Å². The van der Waals surface area contributed by atoms with Gasteiger partial charge in [0.15, 0.2) is 0 Å². The van der Waals surface area contributed by atoms with Gasteiger partial charge >= 0.3 is 5.97 Å². The molecule has 0 spiro atoms. The Morgan fingerprint density at radius 1 is 1.60 bits per heavy atom. The van der Waals surface area contributed by atoms with Gasteiger partial charge in [0.25, 0.3) is 0 Å². The van der Waals surface area contributed by atoms with Crippen molar-refractivity contribution in [2.45, 2.75) is 13.3 Å². The Morgan fingerprint density at radius 2 is 2.27 bits per heavy atom. The molecule has 15 heavy (non-hydrogen) atoms. The number of ether oxygens (including phenoxy) is 1. The number of carbonyl (C=O) groups excluding carboxylic acids is 1. The Balaban J connectivity index is 3.44. The van der Waals surface area contributed by atoms with Crippen LogP contribution in [0.4, 0.5) is 0 Å². The van der Waals surface area contributed by atoms with E-state index in [1.54, 1.807) is 12.1 Å². The first kappa shape index (κ1) is 11.5. The molecule has 0 saturated heterocycles. The predicted molar refractivity (Wildman–Crippen MR) is 56.9 cm³/mol. The van der Waals surface area contributed by atoms with E-state index in [4.69, 9.17) is 16.9 Å². The van der Waals surface area contributed by atoms with E-state index in [2.05, 4.69) is 4.74 Å². The molecule has 0 fully saturated rings. The number of esters is 1. The van der Waals surface area contributed by atoms with Gasteiger partial charge in [0.05, 0.1) is 23.3 Å². The minimum absolute atomic E-state index is 0.154. The maximum Gasteiger partial charge on any atom is 0.340 e. The average Bonchev–Trinajstić information content (AvgIpc) is 2.27. The third kappa shape index (κ3) is 2.11. The zero-order valence-electron chi connectivity index (χ0n) is 8.50. The van der Waals surface area contributed by atoms with E-state index in [1.165, 1.54) is 7.11 Å². The predicted octanol–water partition coefficient (Wildman–Crippen LogP) is 2.56. The number of hydrogen-bond acceptors (Lipinski definition) is 3. The van der Waals surface area contributed by atoms with Crippen molar-refractivity contribution in [1.82, 2.24) is 0 Å². The van der Waals surface area contributed by atoms with Crippen LogP contribution in [0.15, 0.2) is 12.1 Å². The molecule has 78 valence electrons. The molecular formula is C11H10ClNO2. The first-order chi connectivity index (χ1) is 7.15. The normalized spacial score (nSPS) is 9.47. The summed E-state index contributed by atoms with van der Waals surface area (Å²) in [5.41, 5.74) is 1.22. The minimum atomic E-state index is -0.577. The Kier molecular flexibility index (Phi) is 3.70. The summed E-state index contributed by atoms with van der Waals surface area (Å²) in [6.07, 6.45) is 0.703. The number of halogens is 1. The molecule has 1 aromatic carbocycles. The van der Waals surface area contributed by atoms with E-state index >= 15 is 0 Å². The number of nitrogens with zero attached hydrogens (tertiary/aromatic N) is 1. The zero-order valence-corrected chi connectivity index (χ0v) is 9.26. The second-order valence-electron chi connectivity index (χ2n) is 2.92. The molecule has 0 amide bonds. The largest absolute Gasteiger partial charge is 0.465 e. The summed E-state index contributed by atoms with van der Waals surface area (Å²) in [5.74, 6) is -0.577. The van der Waals surface area contributed by atoms with Gasteiger partial charge in [0, 0.05) is 0 Å². The molecule has 4 heteroatoms. The molecule has 0 bridgehead atoms. The highest BCUT2D eigenvalue weighted by Gasteiger charge is 2.18. The van der Waals surface area contributed by atoms with E-state index < -0.39 is 5.97 Å². The molecule has 0 saturated carbocycles. The lowest BCUT2D eigenvalue weighted by molar-refractivity contribution is 0.0600. The van der Waals surface area contributed by atoms with Gasteiger partial charge in [-0.25, -0.2) is 4.79 Å². The molecule has 0 N–H and O–H groups in total. The van der Waals surface area contributed by atoms with Gasteiger partial charge < -0.3 is 4.74 Å². The van der Waals surface area contributed by atoms with Crippen LogP contribution in [0, 0.1) is 11.3 Å². The number of methoxy groups -OCH3 is 1. The Morgan fingerprint density at radius 3 is 2.73 bits per heavy atom. The maximum absolute atomic E-state index is 11.4. The molecule has 0 aliphatic carbocycles. The number of benzene rings is 1.